The Balaban J connectivity index is 1.88. The molecule has 1 heterocycles. The molecular formula is C16H19ClN2O2. The van der Waals surface area contributed by atoms with Gasteiger partial charge in [0.1, 0.15) is 0 Å². The van der Waals surface area contributed by atoms with E-state index in [0.29, 0.717) is 43.1 Å². The second-order valence-corrected chi connectivity index (χ2v) is 5.54. The average Bonchev–Trinajstić information content (AvgIpc) is 2.53. The van der Waals surface area contributed by atoms with Crippen molar-refractivity contribution in [2.45, 2.75) is 12.8 Å². The second-order valence-electron chi connectivity index (χ2n) is 5.11. The van der Waals surface area contributed by atoms with E-state index in [0.717, 1.165) is 0 Å². The first kappa shape index (κ1) is 15.6. The normalized spacial score (nSPS) is 15.6. The van der Waals surface area contributed by atoms with Crippen LogP contribution in [0.15, 0.2) is 36.9 Å². The van der Waals surface area contributed by atoms with Gasteiger partial charge in [0, 0.05) is 36.1 Å². The van der Waals surface area contributed by atoms with Crippen LogP contribution in [0.1, 0.15) is 23.2 Å². The molecule has 1 aromatic rings. The molecule has 21 heavy (non-hydrogen) atoms. The van der Waals surface area contributed by atoms with Gasteiger partial charge in [-0.3, -0.25) is 9.59 Å². The van der Waals surface area contributed by atoms with Crippen molar-refractivity contribution in [2.24, 2.45) is 5.92 Å². The molecule has 1 aliphatic heterocycles. The Hall–Kier alpha value is -1.81. The maximum absolute atomic E-state index is 12.3. The average molecular weight is 307 g/mol. The number of amides is 2. The van der Waals surface area contributed by atoms with Gasteiger partial charge in [-0.05, 0) is 37.1 Å². The number of carbonyl (C=O) groups is 2. The number of rotatable bonds is 4. The van der Waals surface area contributed by atoms with E-state index in [9.17, 15) is 9.59 Å². The zero-order chi connectivity index (χ0) is 15.2. The lowest BCUT2D eigenvalue weighted by Gasteiger charge is -2.31. The molecule has 1 aromatic carbocycles. The van der Waals surface area contributed by atoms with Gasteiger partial charge >= 0.3 is 0 Å². The minimum atomic E-state index is -0.0146. The zero-order valence-electron chi connectivity index (χ0n) is 11.8. The number of nitrogens with one attached hydrogen (secondary N) is 1. The Labute approximate surface area is 129 Å². The molecule has 2 amide bonds. The molecule has 2 rings (SSSR count). The fourth-order valence-electron chi connectivity index (χ4n) is 2.44. The zero-order valence-corrected chi connectivity index (χ0v) is 12.6. The number of nitrogens with zero attached hydrogens (tertiary/aromatic N) is 1. The van der Waals surface area contributed by atoms with Crippen molar-refractivity contribution in [1.29, 1.82) is 0 Å². The maximum Gasteiger partial charge on any atom is 0.253 e. The number of benzene rings is 1. The van der Waals surface area contributed by atoms with Gasteiger partial charge in [-0.1, -0.05) is 17.7 Å². The summed E-state index contributed by atoms with van der Waals surface area (Å²) in [4.78, 5) is 26.0. The monoisotopic (exact) mass is 306 g/mol. The van der Waals surface area contributed by atoms with Crippen molar-refractivity contribution in [1.82, 2.24) is 10.2 Å². The fraction of sp³-hybridized carbons (Fsp3) is 0.375. The Morgan fingerprint density at radius 1 is 1.29 bits per heavy atom. The van der Waals surface area contributed by atoms with Crippen molar-refractivity contribution >= 4 is 23.4 Å². The van der Waals surface area contributed by atoms with Gasteiger partial charge in [-0.25, -0.2) is 0 Å². The Kier molecular flexibility index (Phi) is 5.39. The summed E-state index contributed by atoms with van der Waals surface area (Å²) < 4.78 is 0. The minimum absolute atomic E-state index is 0.00313. The van der Waals surface area contributed by atoms with E-state index in [4.69, 9.17) is 11.6 Å². The number of hydrogen-bond donors (Lipinski definition) is 1. The Bertz CT molecular complexity index is 520. The summed E-state index contributed by atoms with van der Waals surface area (Å²) in [5.41, 5.74) is 0.633. The van der Waals surface area contributed by atoms with Crippen LogP contribution in [-0.4, -0.2) is 36.3 Å². The number of carbonyl (C=O) groups excluding carboxylic acids is 2. The first-order valence-corrected chi connectivity index (χ1v) is 7.43. The molecule has 0 spiro atoms. The molecule has 0 atom stereocenters. The van der Waals surface area contributed by atoms with E-state index in [1.54, 1.807) is 35.2 Å². The third-order valence-corrected chi connectivity index (χ3v) is 3.92. The molecular weight excluding hydrogens is 288 g/mol. The smallest absolute Gasteiger partial charge is 0.253 e. The van der Waals surface area contributed by atoms with Gasteiger partial charge in [-0.2, -0.15) is 0 Å². The molecule has 1 aliphatic rings. The van der Waals surface area contributed by atoms with Crippen LogP contribution in [-0.2, 0) is 4.79 Å². The second kappa shape index (κ2) is 7.27. The first-order valence-electron chi connectivity index (χ1n) is 7.05. The van der Waals surface area contributed by atoms with Gasteiger partial charge in [0.25, 0.3) is 5.91 Å². The van der Waals surface area contributed by atoms with Crippen molar-refractivity contribution in [3.63, 3.8) is 0 Å². The molecule has 1 saturated heterocycles. The molecule has 0 bridgehead atoms. The summed E-state index contributed by atoms with van der Waals surface area (Å²) in [6.07, 6.45) is 3.06. The van der Waals surface area contributed by atoms with E-state index in [-0.39, 0.29) is 17.7 Å². The minimum Gasteiger partial charge on any atom is -0.352 e. The van der Waals surface area contributed by atoms with Crippen molar-refractivity contribution in [3.05, 3.63) is 47.5 Å². The lowest BCUT2D eigenvalue weighted by atomic mass is 9.95. The topological polar surface area (TPSA) is 49.4 Å². The van der Waals surface area contributed by atoms with Crippen LogP contribution >= 0.6 is 11.6 Å². The van der Waals surface area contributed by atoms with Crippen LogP contribution in [0.2, 0.25) is 5.02 Å². The van der Waals surface area contributed by atoms with Crippen molar-refractivity contribution in [2.75, 3.05) is 19.6 Å². The van der Waals surface area contributed by atoms with E-state index in [1.165, 1.54) is 0 Å². The summed E-state index contributed by atoms with van der Waals surface area (Å²) in [6.45, 7) is 5.27. The number of halogens is 1. The van der Waals surface area contributed by atoms with Gasteiger partial charge in [0.2, 0.25) is 5.91 Å². The molecule has 0 unspecified atom stereocenters. The molecule has 1 fully saturated rings. The van der Waals surface area contributed by atoms with Gasteiger partial charge < -0.3 is 10.2 Å². The third kappa shape index (κ3) is 4.08. The van der Waals surface area contributed by atoms with Crippen molar-refractivity contribution < 1.29 is 9.59 Å². The summed E-state index contributed by atoms with van der Waals surface area (Å²) in [6, 6.07) is 6.88. The van der Waals surface area contributed by atoms with E-state index in [2.05, 4.69) is 11.9 Å². The van der Waals surface area contributed by atoms with Crippen LogP contribution in [0, 0.1) is 5.92 Å². The summed E-state index contributed by atoms with van der Waals surface area (Å²) in [5, 5.41) is 3.42. The molecule has 0 radical (unpaired) electrons. The SMILES string of the molecule is C=CCNC(=O)C1CCN(C(=O)c2ccc(Cl)cc2)CC1. The first-order chi connectivity index (χ1) is 10.1. The molecule has 1 N–H and O–H groups in total. The maximum atomic E-state index is 12.3. The highest BCUT2D eigenvalue weighted by Crippen LogP contribution is 2.20. The summed E-state index contributed by atoms with van der Waals surface area (Å²) in [7, 11) is 0. The van der Waals surface area contributed by atoms with Crippen LogP contribution in [0.5, 0.6) is 0 Å². The van der Waals surface area contributed by atoms with Crippen LogP contribution in [0.4, 0.5) is 0 Å². The molecule has 0 aromatic heterocycles. The van der Waals surface area contributed by atoms with E-state index < -0.39 is 0 Å². The predicted octanol–water partition coefficient (Wildman–Crippen LogP) is 2.49. The Morgan fingerprint density at radius 3 is 2.48 bits per heavy atom. The van der Waals surface area contributed by atoms with Crippen molar-refractivity contribution in [3.8, 4) is 0 Å². The van der Waals surface area contributed by atoms with Gasteiger partial charge in [0.05, 0.1) is 0 Å². The molecule has 5 heteroatoms. The molecule has 0 saturated carbocycles. The lowest BCUT2D eigenvalue weighted by Crippen LogP contribution is -2.43. The highest BCUT2D eigenvalue weighted by molar-refractivity contribution is 6.30. The largest absolute Gasteiger partial charge is 0.352 e. The highest BCUT2D eigenvalue weighted by atomic mass is 35.5. The van der Waals surface area contributed by atoms with E-state index >= 15 is 0 Å². The Morgan fingerprint density at radius 2 is 1.90 bits per heavy atom. The predicted molar refractivity (Wildman–Crippen MR) is 83.3 cm³/mol. The lowest BCUT2D eigenvalue weighted by molar-refractivity contribution is -0.126. The van der Waals surface area contributed by atoms with Crippen LogP contribution in [0.3, 0.4) is 0 Å². The number of likely N-dealkylation sites (tertiary alicyclic amines) is 1. The summed E-state index contributed by atoms with van der Waals surface area (Å²) in [5.74, 6) is 0.0318. The summed E-state index contributed by atoms with van der Waals surface area (Å²) >= 11 is 5.82. The molecule has 4 nitrogen and oxygen atoms in total. The number of piperidine rings is 1. The quantitative estimate of drug-likeness (QED) is 0.869. The standard InChI is InChI=1S/C16H19ClN2O2/c1-2-9-18-15(20)12-7-10-19(11-8-12)16(21)13-3-5-14(17)6-4-13/h2-6,12H,1,7-11H2,(H,18,20). The molecule has 112 valence electrons. The van der Waals surface area contributed by atoms with Gasteiger partial charge in [-0.15, -0.1) is 6.58 Å². The van der Waals surface area contributed by atoms with E-state index in [1.807, 2.05) is 0 Å². The third-order valence-electron chi connectivity index (χ3n) is 3.66. The van der Waals surface area contributed by atoms with Gasteiger partial charge in [0.15, 0.2) is 0 Å². The van der Waals surface area contributed by atoms with Crippen LogP contribution < -0.4 is 5.32 Å². The molecule has 0 aliphatic carbocycles. The van der Waals surface area contributed by atoms with Crippen LogP contribution in [0.25, 0.3) is 0 Å². The fourth-order valence-corrected chi connectivity index (χ4v) is 2.56. The number of hydrogen-bond acceptors (Lipinski definition) is 2. The highest BCUT2D eigenvalue weighted by Gasteiger charge is 2.27.